The summed E-state index contributed by atoms with van der Waals surface area (Å²) in [6.07, 6.45) is 0. The van der Waals surface area contributed by atoms with Gasteiger partial charge in [0, 0.05) is 22.5 Å². The van der Waals surface area contributed by atoms with Crippen LogP contribution in [0.5, 0.6) is 0 Å². The lowest BCUT2D eigenvalue weighted by Gasteiger charge is -2.07. The molecule has 0 spiro atoms. The van der Waals surface area contributed by atoms with Gasteiger partial charge in [-0.15, -0.1) is 11.3 Å². The molecule has 2 heterocycles. The van der Waals surface area contributed by atoms with Gasteiger partial charge in [-0.05, 0) is 36.6 Å². The Hall–Kier alpha value is -1.72. The molecule has 6 heteroatoms. The highest BCUT2D eigenvalue weighted by molar-refractivity contribution is 7.22. The molecule has 0 unspecified atom stereocenters. The minimum Gasteiger partial charge on any atom is -0.267 e. The van der Waals surface area contributed by atoms with Gasteiger partial charge in [-0.2, -0.15) is 5.10 Å². The molecule has 0 atom stereocenters. The first-order chi connectivity index (χ1) is 10.8. The molecule has 0 aliphatic rings. The second-order valence-corrected chi connectivity index (χ2v) is 7.31. The Morgan fingerprint density at radius 2 is 2.04 bits per heavy atom. The average Bonchev–Trinajstić information content (AvgIpc) is 2.83. The first kappa shape index (κ1) is 16.1. The molecule has 23 heavy (non-hydrogen) atoms. The summed E-state index contributed by atoms with van der Waals surface area (Å²) in [7, 11) is 1.64. The molecule has 3 aromatic rings. The normalized spacial score (nSPS) is 11.6. The SMILES string of the molecule is Cc1c(-c2cc(Cl)ccc2F)sc2c(C(C)C)nn(C)c(=O)c12. The molecule has 0 saturated carbocycles. The minimum absolute atomic E-state index is 0.160. The molecule has 0 N–H and O–H groups in total. The number of hydrogen-bond donors (Lipinski definition) is 0. The molecule has 120 valence electrons. The van der Waals surface area contributed by atoms with Crippen LogP contribution < -0.4 is 5.56 Å². The zero-order valence-corrected chi connectivity index (χ0v) is 14.8. The highest BCUT2D eigenvalue weighted by Gasteiger charge is 2.21. The van der Waals surface area contributed by atoms with Gasteiger partial charge in [-0.3, -0.25) is 4.79 Å². The first-order valence-electron chi connectivity index (χ1n) is 7.27. The number of fused-ring (bicyclic) bond motifs is 1. The number of hydrogen-bond acceptors (Lipinski definition) is 3. The van der Waals surface area contributed by atoms with Crippen LogP contribution in [0.15, 0.2) is 23.0 Å². The largest absolute Gasteiger partial charge is 0.275 e. The van der Waals surface area contributed by atoms with Crippen molar-refractivity contribution in [1.29, 1.82) is 0 Å². The standard InChI is InChI=1S/C17H16ClFN2OS/c1-8(2)14-16-13(17(22)21(4)20-14)9(3)15(23-16)11-7-10(18)5-6-12(11)19/h5-8H,1-4H3. The molecule has 0 bridgehead atoms. The van der Waals surface area contributed by atoms with Gasteiger partial charge in [0.15, 0.2) is 0 Å². The van der Waals surface area contributed by atoms with E-state index in [2.05, 4.69) is 5.10 Å². The van der Waals surface area contributed by atoms with Gasteiger partial charge in [0.05, 0.1) is 15.8 Å². The van der Waals surface area contributed by atoms with Crippen LogP contribution in [0.1, 0.15) is 31.0 Å². The summed E-state index contributed by atoms with van der Waals surface area (Å²) >= 11 is 7.42. The Kier molecular flexibility index (Phi) is 4.02. The van der Waals surface area contributed by atoms with Crippen molar-refractivity contribution >= 4 is 33.0 Å². The number of aromatic nitrogens is 2. The van der Waals surface area contributed by atoms with Crippen molar-refractivity contribution in [3.05, 3.63) is 50.7 Å². The van der Waals surface area contributed by atoms with Crippen LogP contribution in [0.2, 0.25) is 5.02 Å². The third-order valence-corrected chi connectivity index (χ3v) is 5.45. The Bertz CT molecular complexity index is 975. The van der Waals surface area contributed by atoms with Crippen LogP contribution in [0.4, 0.5) is 4.39 Å². The molecule has 2 aromatic heterocycles. The number of thiophene rings is 1. The molecule has 3 nitrogen and oxygen atoms in total. The van der Waals surface area contributed by atoms with Crippen LogP contribution in [-0.4, -0.2) is 9.78 Å². The molecule has 0 aliphatic carbocycles. The Labute approximate surface area is 142 Å². The van der Waals surface area contributed by atoms with Gasteiger partial charge in [0.25, 0.3) is 5.56 Å². The van der Waals surface area contributed by atoms with Crippen LogP contribution in [0.25, 0.3) is 20.5 Å². The summed E-state index contributed by atoms with van der Waals surface area (Å²) < 4.78 is 16.4. The van der Waals surface area contributed by atoms with Gasteiger partial charge >= 0.3 is 0 Å². The van der Waals surface area contributed by atoms with E-state index in [-0.39, 0.29) is 17.3 Å². The van der Waals surface area contributed by atoms with Gasteiger partial charge in [0.2, 0.25) is 0 Å². The molecular formula is C17H16ClFN2OS. The van der Waals surface area contributed by atoms with E-state index in [4.69, 9.17) is 11.6 Å². The number of aryl methyl sites for hydroxylation is 2. The zero-order valence-electron chi connectivity index (χ0n) is 13.3. The third kappa shape index (κ3) is 2.58. The predicted octanol–water partition coefficient (Wildman–Crippen LogP) is 4.89. The Balaban J connectivity index is 2.44. The van der Waals surface area contributed by atoms with Crippen molar-refractivity contribution in [2.24, 2.45) is 7.05 Å². The first-order valence-corrected chi connectivity index (χ1v) is 8.46. The second kappa shape index (κ2) is 5.73. The molecule has 0 radical (unpaired) electrons. The maximum absolute atomic E-state index is 14.3. The van der Waals surface area contributed by atoms with Crippen molar-refractivity contribution in [3.8, 4) is 10.4 Å². The maximum Gasteiger partial charge on any atom is 0.275 e. The molecule has 0 aliphatic heterocycles. The summed E-state index contributed by atoms with van der Waals surface area (Å²) in [4.78, 5) is 13.2. The smallest absolute Gasteiger partial charge is 0.267 e. The lowest BCUT2D eigenvalue weighted by atomic mass is 10.1. The Morgan fingerprint density at radius 3 is 2.70 bits per heavy atom. The van der Waals surface area contributed by atoms with Crippen molar-refractivity contribution in [3.63, 3.8) is 0 Å². The molecule has 3 rings (SSSR count). The highest BCUT2D eigenvalue weighted by atomic mass is 35.5. The number of halogens is 2. The van der Waals surface area contributed by atoms with Crippen molar-refractivity contribution in [1.82, 2.24) is 9.78 Å². The fourth-order valence-electron chi connectivity index (χ4n) is 2.67. The quantitative estimate of drug-likeness (QED) is 0.659. The number of benzene rings is 1. The average molecular weight is 351 g/mol. The topological polar surface area (TPSA) is 34.9 Å². The lowest BCUT2D eigenvalue weighted by Crippen LogP contribution is -2.21. The van der Waals surface area contributed by atoms with Crippen LogP contribution in [0.3, 0.4) is 0 Å². The van der Waals surface area contributed by atoms with E-state index < -0.39 is 0 Å². The predicted molar refractivity (Wildman–Crippen MR) is 94.1 cm³/mol. The van der Waals surface area contributed by atoms with Crippen molar-refractivity contribution in [2.45, 2.75) is 26.7 Å². The van der Waals surface area contributed by atoms with E-state index in [1.807, 2.05) is 20.8 Å². The molecule has 0 amide bonds. The van der Waals surface area contributed by atoms with Crippen molar-refractivity contribution < 1.29 is 4.39 Å². The zero-order chi connectivity index (χ0) is 16.9. The number of rotatable bonds is 2. The van der Waals surface area contributed by atoms with E-state index in [1.54, 1.807) is 13.1 Å². The minimum atomic E-state index is -0.347. The molecular weight excluding hydrogens is 335 g/mol. The van der Waals surface area contributed by atoms with Gasteiger partial charge in [0.1, 0.15) is 5.82 Å². The fourth-order valence-corrected chi connectivity index (χ4v) is 4.29. The summed E-state index contributed by atoms with van der Waals surface area (Å²) in [5.41, 5.74) is 1.89. The number of nitrogens with zero attached hydrogens (tertiary/aromatic N) is 2. The second-order valence-electron chi connectivity index (χ2n) is 5.85. The van der Waals surface area contributed by atoms with Gasteiger partial charge in [-0.25, -0.2) is 9.07 Å². The summed E-state index contributed by atoms with van der Waals surface area (Å²) in [5, 5.41) is 5.47. The van der Waals surface area contributed by atoms with E-state index in [9.17, 15) is 9.18 Å². The molecule has 1 aromatic carbocycles. The molecule has 0 saturated heterocycles. The van der Waals surface area contributed by atoms with E-state index in [0.29, 0.717) is 16.0 Å². The van der Waals surface area contributed by atoms with E-state index >= 15 is 0 Å². The van der Waals surface area contributed by atoms with Crippen LogP contribution in [0, 0.1) is 12.7 Å². The maximum atomic E-state index is 14.3. The van der Waals surface area contributed by atoms with Gasteiger partial charge < -0.3 is 0 Å². The van der Waals surface area contributed by atoms with E-state index in [0.717, 1.165) is 20.8 Å². The monoisotopic (exact) mass is 350 g/mol. The highest BCUT2D eigenvalue weighted by Crippen LogP contribution is 2.40. The lowest BCUT2D eigenvalue weighted by molar-refractivity contribution is 0.631. The van der Waals surface area contributed by atoms with Crippen LogP contribution in [-0.2, 0) is 7.05 Å². The third-order valence-electron chi connectivity index (χ3n) is 3.86. The van der Waals surface area contributed by atoms with Crippen LogP contribution >= 0.6 is 22.9 Å². The fraction of sp³-hybridized carbons (Fsp3) is 0.294. The van der Waals surface area contributed by atoms with Gasteiger partial charge in [-0.1, -0.05) is 25.4 Å². The molecule has 0 fully saturated rings. The van der Waals surface area contributed by atoms with Crippen molar-refractivity contribution in [2.75, 3.05) is 0 Å². The summed E-state index contributed by atoms with van der Waals surface area (Å²) in [6.45, 7) is 5.90. The van der Waals surface area contributed by atoms with E-state index in [1.165, 1.54) is 28.2 Å². The Morgan fingerprint density at radius 1 is 1.35 bits per heavy atom. The summed E-state index contributed by atoms with van der Waals surface area (Å²) in [5.74, 6) is -0.181. The summed E-state index contributed by atoms with van der Waals surface area (Å²) in [6, 6.07) is 4.46.